The van der Waals surface area contributed by atoms with E-state index >= 15 is 0 Å². The van der Waals surface area contributed by atoms with Gasteiger partial charge in [0.1, 0.15) is 6.04 Å². The van der Waals surface area contributed by atoms with Gasteiger partial charge < -0.3 is 18.5 Å². The first-order valence-electron chi connectivity index (χ1n) is 8.48. The number of hydrogen-bond donors (Lipinski definition) is 0. The highest BCUT2D eigenvalue weighted by atomic mass is 16.5. The lowest BCUT2D eigenvalue weighted by molar-refractivity contribution is -0.151. The van der Waals surface area contributed by atoms with Gasteiger partial charge in [-0.05, 0) is 23.3 Å². The molecule has 0 bridgehead atoms. The van der Waals surface area contributed by atoms with Crippen molar-refractivity contribution in [2.45, 2.75) is 32.5 Å². The van der Waals surface area contributed by atoms with Crippen LogP contribution in [0.2, 0.25) is 0 Å². The number of nitrogens with zero attached hydrogens (tertiary/aromatic N) is 3. The number of ether oxygens (including phenoxy) is 1. The number of fused-ring (bicyclic) bond motifs is 1. The van der Waals surface area contributed by atoms with Crippen molar-refractivity contribution in [3.05, 3.63) is 71.3 Å². The van der Waals surface area contributed by atoms with Crippen LogP contribution in [0.4, 0.5) is 0 Å². The molecule has 0 radical (unpaired) electrons. The van der Waals surface area contributed by atoms with Crippen LogP contribution < -0.4 is 0 Å². The first-order chi connectivity index (χ1) is 13.1. The Morgan fingerprint density at radius 2 is 2.00 bits per heavy atom. The molecular weight excluding hydrogens is 350 g/mol. The topological polar surface area (TPSA) is 98.7 Å². The number of aryl methyl sites for hydroxylation is 1. The normalized spacial score (nSPS) is 16.0. The average Bonchev–Trinajstić information content (AvgIpc) is 3.36. The van der Waals surface area contributed by atoms with Crippen LogP contribution in [0.1, 0.15) is 33.5 Å². The minimum atomic E-state index is -0.762. The first kappa shape index (κ1) is 17.0. The van der Waals surface area contributed by atoms with Crippen molar-refractivity contribution in [3.63, 3.8) is 0 Å². The lowest BCUT2D eigenvalue weighted by Crippen LogP contribution is -2.49. The molecule has 0 aliphatic carbocycles. The molecule has 4 rings (SSSR count). The molecule has 1 amide bonds. The molecule has 1 aliphatic rings. The van der Waals surface area contributed by atoms with Crippen molar-refractivity contribution >= 4 is 11.9 Å². The van der Waals surface area contributed by atoms with Gasteiger partial charge >= 0.3 is 5.97 Å². The van der Waals surface area contributed by atoms with Crippen molar-refractivity contribution in [3.8, 4) is 0 Å². The van der Waals surface area contributed by atoms with E-state index in [-0.39, 0.29) is 24.2 Å². The average molecular weight is 367 g/mol. The minimum absolute atomic E-state index is 0.138. The third-order valence-corrected chi connectivity index (χ3v) is 4.42. The monoisotopic (exact) mass is 367 g/mol. The predicted molar refractivity (Wildman–Crippen MR) is 91.3 cm³/mol. The van der Waals surface area contributed by atoms with Gasteiger partial charge in [-0.1, -0.05) is 24.3 Å². The third-order valence-electron chi connectivity index (χ3n) is 4.42. The Kier molecular flexibility index (Phi) is 4.45. The van der Waals surface area contributed by atoms with E-state index in [2.05, 4.69) is 10.2 Å². The Balaban J connectivity index is 1.56. The summed E-state index contributed by atoms with van der Waals surface area (Å²) in [4.78, 5) is 27.1. The maximum atomic E-state index is 12.8. The summed E-state index contributed by atoms with van der Waals surface area (Å²) >= 11 is 0. The zero-order valence-corrected chi connectivity index (χ0v) is 14.6. The number of rotatable bonds is 4. The lowest BCUT2D eigenvalue weighted by atomic mass is 9.93. The summed E-state index contributed by atoms with van der Waals surface area (Å²) in [5, 5.41) is 7.50. The van der Waals surface area contributed by atoms with Crippen LogP contribution in [0, 0.1) is 6.92 Å². The van der Waals surface area contributed by atoms with Gasteiger partial charge in [-0.3, -0.25) is 4.79 Å². The minimum Gasteiger partial charge on any atom is -0.459 e. The van der Waals surface area contributed by atoms with Gasteiger partial charge in [0, 0.05) is 19.9 Å². The molecule has 0 saturated heterocycles. The summed E-state index contributed by atoms with van der Waals surface area (Å²) < 4.78 is 15.8. The van der Waals surface area contributed by atoms with Gasteiger partial charge in [-0.15, -0.1) is 10.2 Å². The van der Waals surface area contributed by atoms with Crippen molar-refractivity contribution < 1.29 is 23.2 Å². The summed E-state index contributed by atoms with van der Waals surface area (Å²) in [6.45, 7) is 1.82. The quantitative estimate of drug-likeness (QED) is 0.652. The molecule has 1 aliphatic heterocycles. The lowest BCUT2D eigenvalue weighted by Gasteiger charge is -2.34. The Morgan fingerprint density at radius 1 is 1.19 bits per heavy atom. The molecule has 8 nitrogen and oxygen atoms in total. The molecule has 3 heterocycles. The molecule has 3 aromatic rings. The number of esters is 1. The molecule has 0 N–H and O–H groups in total. The molecule has 0 spiro atoms. The Hall–Kier alpha value is -3.42. The maximum Gasteiger partial charge on any atom is 0.329 e. The van der Waals surface area contributed by atoms with Crippen molar-refractivity contribution in [2.75, 3.05) is 0 Å². The molecule has 1 unspecified atom stereocenters. The molecule has 2 aromatic heterocycles. The molecule has 0 fully saturated rings. The van der Waals surface area contributed by atoms with Crippen LogP contribution in [0.3, 0.4) is 0 Å². The standard InChI is InChI=1S/C19H17N3O5/c1-12-20-21-17(27-12)11-26-19(24)15-9-13-5-2-3-6-14(13)10-22(15)18(23)16-7-4-8-25-16/h2-8,15H,9-11H2,1H3. The Morgan fingerprint density at radius 3 is 2.70 bits per heavy atom. The Bertz CT molecular complexity index is 963. The number of aromatic nitrogens is 2. The van der Waals surface area contributed by atoms with E-state index in [4.69, 9.17) is 13.6 Å². The number of carbonyl (C=O) groups excluding carboxylic acids is 2. The van der Waals surface area contributed by atoms with Gasteiger partial charge in [-0.2, -0.15) is 0 Å². The Labute approximate surface area is 154 Å². The molecule has 1 atom stereocenters. The van der Waals surface area contributed by atoms with E-state index in [1.165, 1.54) is 11.2 Å². The molecular formula is C19H17N3O5. The second-order valence-corrected chi connectivity index (χ2v) is 6.22. The first-order valence-corrected chi connectivity index (χ1v) is 8.48. The fourth-order valence-electron chi connectivity index (χ4n) is 3.11. The predicted octanol–water partition coefficient (Wildman–Crippen LogP) is 2.28. The van der Waals surface area contributed by atoms with E-state index in [9.17, 15) is 9.59 Å². The van der Waals surface area contributed by atoms with Crippen LogP contribution in [-0.4, -0.2) is 33.0 Å². The number of furan rings is 1. The van der Waals surface area contributed by atoms with E-state index in [0.717, 1.165) is 11.1 Å². The van der Waals surface area contributed by atoms with Gasteiger partial charge in [0.2, 0.25) is 5.89 Å². The van der Waals surface area contributed by atoms with Crippen molar-refractivity contribution in [2.24, 2.45) is 0 Å². The van der Waals surface area contributed by atoms with Crippen molar-refractivity contribution in [1.29, 1.82) is 0 Å². The summed E-state index contributed by atoms with van der Waals surface area (Å²) in [7, 11) is 0. The summed E-state index contributed by atoms with van der Waals surface area (Å²) in [6, 6.07) is 10.2. The van der Waals surface area contributed by atoms with Crippen LogP contribution in [0.15, 0.2) is 51.5 Å². The number of hydrogen-bond acceptors (Lipinski definition) is 7. The van der Waals surface area contributed by atoms with E-state index in [1.807, 2.05) is 24.3 Å². The fourth-order valence-corrected chi connectivity index (χ4v) is 3.11. The van der Waals surface area contributed by atoms with Crippen LogP contribution >= 0.6 is 0 Å². The summed E-state index contributed by atoms with van der Waals surface area (Å²) in [5.41, 5.74) is 2.01. The molecule has 27 heavy (non-hydrogen) atoms. The zero-order chi connectivity index (χ0) is 18.8. The molecule has 8 heteroatoms. The highest BCUT2D eigenvalue weighted by Gasteiger charge is 2.37. The van der Waals surface area contributed by atoms with Gasteiger partial charge in [-0.25, -0.2) is 4.79 Å². The highest BCUT2D eigenvalue weighted by Crippen LogP contribution is 2.26. The van der Waals surface area contributed by atoms with Crippen molar-refractivity contribution in [1.82, 2.24) is 15.1 Å². The van der Waals surface area contributed by atoms with E-state index in [0.29, 0.717) is 18.9 Å². The van der Waals surface area contributed by atoms with Gasteiger partial charge in [0.25, 0.3) is 11.8 Å². The summed E-state index contributed by atoms with van der Waals surface area (Å²) in [6.07, 6.45) is 1.79. The van der Waals surface area contributed by atoms with Crippen LogP contribution in [-0.2, 0) is 29.1 Å². The molecule has 138 valence electrons. The second kappa shape index (κ2) is 7.06. The third kappa shape index (κ3) is 3.46. The van der Waals surface area contributed by atoms with Gasteiger partial charge in [0.05, 0.1) is 6.26 Å². The fraction of sp³-hybridized carbons (Fsp3) is 0.263. The van der Waals surface area contributed by atoms with E-state index in [1.54, 1.807) is 19.1 Å². The van der Waals surface area contributed by atoms with Crippen LogP contribution in [0.25, 0.3) is 0 Å². The number of carbonyl (C=O) groups is 2. The maximum absolute atomic E-state index is 12.8. The number of benzene rings is 1. The van der Waals surface area contributed by atoms with Crippen LogP contribution in [0.5, 0.6) is 0 Å². The zero-order valence-electron chi connectivity index (χ0n) is 14.6. The smallest absolute Gasteiger partial charge is 0.329 e. The largest absolute Gasteiger partial charge is 0.459 e. The second-order valence-electron chi connectivity index (χ2n) is 6.22. The highest BCUT2D eigenvalue weighted by molar-refractivity contribution is 5.95. The van der Waals surface area contributed by atoms with E-state index < -0.39 is 12.0 Å². The van der Waals surface area contributed by atoms with Gasteiger partial charge in [0.15, 0.2) is 12.4 Å². The number of amides is 1. The summed E-state index contributed by atoms with van der Waals surface area (Å²) in [5.74, 6) is -0.103. The molecule has 1 aromatic carbocycles. The SMILES string of the molecule is Cc1nnc(COC(=O)C2Cc3ccccc3CN2C(=O)c2ccco2)o1. The molecule has 0 saturated carbocycles.